The minimum absolute atomic E-state index is 0.119. The van der Waals surface area contributed by atoms with E-state index in [4.69, 9.17) is 0 Å². The van der Waals surface area contributed by atoms with Crippen LogP contribution in [0.25, 0.3) is 0 Å². The van der Waals surface area contributed by atoms with Crippen molar-refractivity contribution in [3.05, 3.63) is 35.6 Å². The minimum atomic E-state index is -0.119. The maximum absolute atomic E-state index is 13.3. The van der Waals surface area contributed by atoms with E-state index >= 15 is 0 Å². The van der Waals surface area contributed by atoms with Crippen LogP contribution < -0.4 is 5.32 Å². The summed E-state index contributed by atoms with van der Waals surface area (Å²) in [5.74, 6) is 0.706. The van der Waals surface area contributed by atoms with Gasteiger partial charge in [-0.05, 0) is 36.5 Å². The van der Waals surface area contributed by atoms with E-state index < -0.39 is 0 Å². The van der Waals surface area contributed by atoms with E-state index in [-0.39, 0.29) is 5.82 Å². The number of rotatable bonds is 3. The molecule has 20 heavy (non-hydrogen) atoms. The molecule has 2 fully saturated rings. The zero-order valence-electron chi connectivity index (χ0n) is 12.2. The van der Waals surface area contributed by atoms with Crippen molar-refractivity contribution in [3.8, 4) is 0 Å². The Labute approximate surface area is 121 Å². The minimum Gasteiger partial charge on any atom is -0.314 e. The van der Waals surface area contributed by atoms with Crippen molar-refractivity contribution in [3.63, 3.8) is 0 Å². The third-order valence-corrected chi connectivity index (χ3v) is 4.87. The first-order chi connectivity index (χ1) is 9.83. The Kier molecular flexibility index (Phi) is 4.69. The fraction of sp³-hybridized carbons (Fsp3) is 0.647. The predicted octanol–water partition coefficient (Wildman–Crippen LogP) is 3.18. The molecule has 1 aliphatic carbocycles. The van der Waals surface area contributed by atoms with Gasteiger partial charge >= 0.3 is 0 Å². The van der Waals surface area contributed by atoms with Crippen molar-refractivity contribution in [1.82, 2.24) is 10.2 Å². The summed E-state index contributed by atoms with van der Waals surface area (Å²) in [5.41, 5.74) is 1.10. The highest BCUT2D eigenvalue weighted by Gasteiger charge is 2.30. The Balaban J connectivity index is 1.68. The highest BCUT2D eigenvalue weighted by atomic mass is 19.1. The molecule has 1 aromatic rings. The standard InChI is InChI=1S/C17H25FN2/c18-16-8-4-5-14(11-16)13-20-10-9-19-12-17(20)15-6-2-1-3-7-15/h4-5,8,11,15,17,19H,1-3,6-7,9-10,12-13H2. The first kappa shape index (κ1) is 14.0. The molecule has 1 aliphatic heterocycles. The largest absolute Gasteiger partial charge is 0.314 e. The van der Waals surface area contributed by atoms with Gasteiger partial charge in [0.15, 0.2) is 0 Å². The van der Waals surface area contributed by atoms with Gasteiger partial charge in [0.2, 0.25) is 0 Å². The van der Waals surface area contributed by atoms with Crippen LogP contribution in [0.3, 0.4) is 0 Å². The number of hydrogen-bond donors (Lipinski definition) is 1. The summed E-state index contributed by atoms with van der Waals surface area (Å²) < 4.78 is 13.3. The molecule has 110 valence electrons. The number of hydrogen-bond acceptors (Lipinski definition) is 2. The monoisotopic (exact) mass is 276 g/mol. The van der Waals surface area contributed by atoms with Crippen LogP contribution in [0.4, 0.5) is 4.39 Å². The average molecular weight is 276 g/mol. The fourth-order valence-electron chi connectivity index (χ4n) is 3.82. The Morgan fingerprint density at radius 3 is 2.85 bits per heavy atom. The highest BCUT2D eigenvalue weighted by Crippen LogP contribution is 2.30. The van der Waals surface area contributed by atoms with Gasteiger partial charge in [-0.25, -0.2) is 4.39 Å². The van der Waals surface area contributed by atoms with Crippen LogP contribution in [0.15, 0.2) is 24.3 Å². The van der Waals surface area contributed by atoms with Gasteiger partial charge in [-0.1, -0.05) is 31.4 Å². The summed E-state index contributed by atoms with van der Waals surface area (Å²) in [7, 11) is 0. The maximum atomic E-state index is 13.3. The van der Waals surface area contributed by atoms with Crippen LogP contribution in [0, 0.1) is 11.7 Å². The molecule has 2 nitrogen and oxygen atoms in total. The van der Waals surface area contributed by atoms with Crippen LogP contribution in [-0.4, -0.2) is 30.6 Å². The third kappa shape index (κ3) is 3.39. The SMILES string of the molecule is Fc1cccc(CN2CCNCC2C2CCCCC2)c1. The second-order valence-corrected chi connectivity index (χ2v) is 6.27. The molecule has 2 aliphatic rings. The molecule has 1 N–H and O–H groups in total. The summed E-state index contributed by atoms with van der Waals surface area (Å²) in [4.78, 5) is 2.57. The molecule has 1 aromatic carbocycles. The first-order valence-electron chi connectivity index (χ1n) is 8.02. The van der Waals surface area contributed by atoms with E-state index in [1.165, 1.54) is 38.2 Å². The fourth-order valence-corrected chi connectivity index (χ4v) is 3.82. The van der Waals surface area contributed by atoms with Crippen molar-refractivity contribution in [2.45, 2.75) is 44.7 Å². The van der Waals surface area contributed by atoms with E-state index in [2.05, 4.69) is 10.2 Å². The topological polar surface area (TPSA) is 15.3 Å². The van der Waals surface area contributed by atoms with Crippen LogP contribution in [-0.2, 0) is 6.54 Å². The van der Waals surface area contributed by atoms with E-state index in [1.807, 2.05) is 12.1 Å². The van der Waals surface area contributed by atoms with Gasteiger partial charge < -0.3 is 5.32 Å². The molecule has 0 radical (unpaired) electrons. The Hall–Kier alpha value is -0.930. The van der Waals surface area contributed by atoms with Gasteiger partial charge in [0.05, 0.1) is 0 Å². The molecule has 1 unspecified atom stereocenters. The Bertz CT molecular complexity index is 429. The molecule has 1 heterocycles. The van der Waals surface area contributed by atoms with Gasteiger partial charge in [-0.2, -0.15) is 0 Å². The summed E-state index contributed by atoms with van der Waals surface area (Å²) >= 11 is 0. The van der Waals surface area contributed by atoms with E-state index in [0.717, 1.165) is 37.7 Å². The normalized spacial score (nSPS) is 25.8. The first-order valence-corrected chi connectivity index (χ1v) is 8.02. The van der Waals surface area contributed by atoms with Crippen molar-refractivity contribution in [1.29, 1.82) is 0 Å². The van der Waals surface area contributed by atoms with Crippen molar-refractivity contribution < 1.29 is 4.39 Å². The average Bonchev–Trinajstić information content (AvgIpc) is 2.49. The number of nitrogens with zero attached hydrogens (tertiary/aromatic N) is 1. The second-order valence-electron chi connectivity index (χ2n) is 6.27. The summed E-state index contributed by atoms with van der Waals surface area (Å²) in [6.07, 6.45) is 6.91. The Morgan fingerprint density at radius 2 is 2.05 bits per heavy atom. The zero-order valence-corrected chi connectivity index (χ0v) is 12.2. The van der Waals surface area contributed by atoms with Gasteiger partial charge in [-0.15, -0.1) is 0 Å². The van der Waals surface area contributed by atoms with Gasteiger partial charge in [0.1, 0.15) is 5.82 Å². The predicted molar refractivity (Wildman–Crippen MR) is 80.0 cm³/mol. The molecule has 3 rings (SSSR count). The van der Waals surface area contributed by atoms with E-state index in [1.54, 1.807) is 6.07 Å². The van der Waals surface area contributed by atoms with Gasteiger partial charge in [0.25, 0.3) is 0 Å². The zero-order chi connectivity index (χ0) is 13.8. The van der Waals surface area contributed by atoms with Crippen LogP contribution in [0.2, 0.25) is 0 Å². The number of nitrogens with one attached hydrogen (secondary N) is 1. The molecule has 1 atom stereocenters. The number of benzene rings is 1. The maximum Gasteiger partial charge on any atom is 0.123 e. The summed E-state index contributed by atoms with van der Waals surface area (Å²) in [6, 6.07) is 7.71. The lowest BCUT2D eigenvalue weighted by Gasteiger charge is -2.42. The lowest BCUT2D eigenvalue weighted by atomic mass is 9.82. The van der Waals surface area contributed by atoms with Crippen molar-refractivity contribution in [2.24, 2.45) is 5.92 Å². The molecule has 1 saturated carbocycles. The lowest BCUT2D eigenvalue weighted by molar-refractivity contribution is 0.0859. The molecule has 0 amide bonds. The second kappa shape index (κ2) is 6.68. The molecule has 0 bridgehead atoms. The van der Waals surface area contributed by atoms with Crippen molar-refractivity contribution in [2.75, 3.05) is 19.6 Å². The van der Waals surface area contributed by atoms with Crippen molar-refractivity contribution >= 4 is 0 Å². The van der Waals surface area contributed by atoms with E-state index in [9.17, 15) is 4.39 Å². The van der Waals surface area contributed by atoms with E-state index in [0.29, 0.717) is 6.04 Å². The summed E-state index contributed by atoms with van der Waals surface area (Å²) in [5, 5.41) is 3.54. The quantitative estimate of drug-likeness (QED) is 0.912. The smallest absolute Gasteiger partial charge is 0.123 e. The van der Waals surface area contributed by atoms with Gasteiger partial charge in [0, 0.05) is 32.2 Å². The number of halogens is 1. The number of piperazine rings is 1. The highest BCUT2D eigenvalue weighted by molar-refractivity contribution is 5.16. The Morgan fingerprint density at radius 1 is 1.20 bits per heavy atom. The molecule has 3 heteroatoms. The van der Waals surface area contributed by atoms with Gasteiger partial charge in [-0.3, -0.25) is 4.90 Å². The molecular weight excluding hydrogens is 251 g/mol. The van der Waals surface area contributed by atoms with Crippen LogP contribution in [0.1, 0.15) is 37.7 Å². The van der Waals surface area contributed by atoms with Crippen LogP contribution >= 0.6 is 0 Å². The summed E-state index contributed by atoms with van der Waals surface area (Å²) in [6.45, 7) is 4.12. The molecule has 1 saturated heterocycles. The molecule has 0 spiro atoms. The molecular formula is C17H25FN2. The van der Waals surface area contributed by atoms with Crippen LogP contribution in [0.5, 0.6) is 0 Å². The third-order valence-electron chi connectivity index (χ3n) is 4.87. The lowest BCUT2D eigenvalue weighted by Crippen LogP contribution is -2.54. The molecule has 0 aromatic heterocycles.